The highest BCUT2D eigenvalue weighted by Gasteiger charge is 2.13. The number of amides is 1. The second-order valence-electron chi connectivity index (χ2n) is 5.60. The lowest BCUT2D eigenvalue weighted by atomic mass is 10.1. The van der Waals surface area contributed by atoms with Crippen molar-refractivity contribution in [1.82, 2.24) is 4.90 Å². The van der Waals surface area contributed by atoms with Crippen molar-refractivity contribution in [3.63, 3.8) is 0 Å². The maximum atomic E-state index is 12.1. The molecule has 4 nitrogen and oxygen atoms in total. The van der Waals surface area contributed by atoms with Crippen molar-refractivity contribution < 1.29 is 9.21 Å². The van der Waals surface area contributed by atoms with Gasteiger partial charge in [0.25, 0.3) is 5.91 Å². The molecule has 3 rings (SSSR count). The molecule has 5 heteroatoms. The van der Waals surface area contributed by atoms with Crippen LogP contribution in [0.3, 0.4) is 0 Å². The predicted molar refractivity (Wildman–Crippen MR) is 89.9 cm³/mol. The van der Waals surface area contributed by atoms with E-state index in [1.165, 1.54) is 24.8 Å². The van der Waals surface area contributed by atoms with Crippen LogP contribution in [0.25, 0.3) is 0 Å². The van der Waals surface area contributed by atoms with E-state index in [0.29, 0.717) is 10.4 Å². The number of nitrogens with one attached hydrogen (secondary N) is 1. The fourth-order valence-corrected chi connectivity index (χ4v) is 3.06. The minimum absolute atomic E-state index is 0.235. The third-order valence-electron chi connectivity index (χ3n) is 3.84. The minimum atomic E-state index is -0.235. The lowest BCUT2D eigenvalue weighted by molar-refractivity contribution is 0.0995. The number of piperidine rings is 1. The molecule has 2 heterocycles. The second kappa shape index (κ2) is 7.11. The van der Waals surface area contributed by atoms with Crippen LogP contribution in [0, 0.1) is 0 Å². The number of hydrogen-bond donors (Lipinski definition) is 1. The molecule has 0 spiro atoms. The van der Waals surface area contributed by atoms with Crippen LogP contribution < -0.4 is 5.32 Å². The Kier molecular flexibility index (Phi) is 4.95. The predicted octanol–water partition coefficient (Wildman–Crippen LogP) is 4.28. The summed E-state index contributed by atoms with van der Waals surface area (Å²) in [4.78, 5) is 14.6. The molecule has 1 N–H and O–H groups in total. The third-order valence-corrected chi connectivity index (χ3v) is 4.26. The van der Waals surface area contributed by atoms with Crippen LogP contribution in [0.2, 0.25) is 0 Å². The van der Waals surface area contributed by atoms with E-state index in [2.05, 4.69) is 32.2 Å². The van der Waals surface area contributed by atoms with Crippen molar-refractivity contribution in [2.45, 2.75) is 25.8 Å². The van der Waals surface area contributed by atoms with Gasteiger partial charge in [0.1, 0.15) is 0 Å². The summed E-state index contributed by atoms with van der Waals surface area (Å²) >= 11 is 3.20. The number of hydrogen-bond acceptors (Lipinski definition) is 3. The highest BCUT2D eigenvalue weighted by atomic mass is 79.9. The van der Waals surface area contributed by atoms with Crippen LogP contribution in [-0.2, 0) is 6.54 Å². The summed E-state index contributed by atoms with van der Waals surface area (Å²) in [5, 5.41) is 2.88. The summed E-state index contributed by atoms with van der Waals surface area (Å²) in [6, 6.07) is 11.4. The molecule has 1 aromatic heterocycles. The Morgan fingerprint density at radius 1 is 1.18 bits per heavy atom. The summed E-state index contributed by atoms with van der Waals surface area (Å²) < 4.78 is 5.82. The number of rotatable bonds is 4. The monoisotopic (exact) mass is 362 g/mol. The van der Waals surface area contributed by atoms with E-state index < -0.39 is 0 Å². The average Bonchev–Trinajstić information content (AvgIpc) is 2.95. The molecule has 1 aliphatic rings. The Labute approximate surface area is 138 Å². The van der Waals surface area contributed by atoms with Crippen molar-refractivity contribution in [3.8, 4) is 0 Å². The van der Waals surface area contributed by atoms with Gasteiger partial charge in [0, 0.05) is 12.2 Å². The number of likely N-dealkylation sites (tertiary alicyclic amines) is 1. The van der Waals surface area contributed by atoms with Crippen LogP contribution in [0.1, 0.15) is 35.4 Å². The van der Waals surface area contributed by atoms with E-state index in [-0.39, 0.29) is 5.91 Å². The van der Waals surface area contributed by atoms with Gasteiger partial charge in [-0.25, -0.2) is 0 Å². The normalized spacial score (nSPS) is 15.7. The van der Waals surface area contributed by atoms with Crippen LogP contribution in [0.15, 0.2) is 45.5 Å². The van der Waals surface area contributed by atoms with Crippen molar-refractivity contribution >= 4 is 27.5 Å². The summed E-state index contributed by atoms with van der Waals surface area (Å²) in [6.07, 6.45) is 3.90. The van der Waals surface area contributed by atoms with Gasteiger partial charge in [0.2, 0.25) is 0 Å². The van der Waals surface area contributed by atoms with Crippen LogP contribution >= 0.6 is 15.9 Å². The van der Waals surface area contributed by atoms with Gasteiger partial charge < -0.3 is 9.73 Å². The number of halogens is 1. The molecule has 1 aromatic carbocycles. The first kappa shape index (κ1) is 15.3. The third kappa shape index (κ3) is 3.99. The summed E-state index contributed by atoms with van der Waals surface area (Å²) in [5.41, 5.74) is 2.02. The fourth-order valence-electron chi connectivity index (χ4n) is 2.75. The van der Waals surface area contributed by atoms with Crippen molar-refractivity contribution in [1.29, 1.82) is 0 Å². The Hall–Kier alpha value is -1.59. The molecule has 0 unspecified atom stereocenters. The zero-order valence-electron chi connectivity index (χ0n) is 12.3. The number of nitrogens with zero attached hydrogens (tertiary/aromatic N) is 1. The van der Waals surface area contributed by atoms with Gasteiger partial charge in [0.15, 0.2) is 10.4 Å². The molecule has 1 fully saturated rings. The van der Waals surface area contributed by atoms with Crippen molar-refractivity contribution in [3.05, 3.63) is 52.4 Å². The standard InChI is InChI=1S/C17H19BrN2O2/c18-16-8-7-15(22-16)17(21)19-14-6-4-5-13(11-14)12-20-9-2-1-3-10-20/h4-8,11H,1-3,9-10,12H2,(H,19,21). The topological polar surface area (TPSA) is 45.5 Å². The van der Waals surface area contributed by atoms with Gasteiger partial charge in [0.05, 0.1) is 0 Å². The average molecular weight is 363 g/mol. The van der Waals surface area contributed by atoms with E-state index in [1.807, 2.05) is 18.2 Å². The first-order valence-electron chi connectivity index (χ1n) is 7.59. The molecule has 0 atom stereocenters. The van der Waals surface area contributed by atoms with E-state index in [4.69, 9.17) is 4.42 Å². The highest BCUT2D eigenvalue weighted by Crippen LogP contribution is 2.18. The summed E-state index contributed by atoms with van der Waals surface area (Å²) in [7, 11) is 0. The smallest absolute Gasteiger partial charge is 0.291 e. The SMILES string of the molecule is O=C(Nc1cccc(CN2CCCCC2)c1)c1ccc(Br)o1. The van der Waals surface area contributed by atoms with E-state index in [0.717, 1.165) is 25.3 Å². The van der Waals surface area contributed by atoms with E-state index in [1.54, 1.807) is 12.1 Å². The van der Waals surface area contributed by atoms with Gasteiger partial charge in [-0.05, 0) is 71.7 Å². The Morgan fingerprint density at radius 2 is 2.00 bits per heavy atom. The van der Waals surface area contributed by atoms with Gasteiger partial charge in [-0.2, -0.15) is 0 Å². The number of carbonyl (C=O) groups is 1. The molecule has 2 aromatic rings. The summed E-state index contributed by atoms with van der Waals surface area (Å²) in [5.74, 6) is 0.0640. The Morgan fingerprint density at radius 3 is 2.73 bits per heavy atom. The summed E-state index contributed by atoms with van der Waals surface area (Å²) in [6.45, 7) is 3.27. The van der Waals surface area contributed by atoms with Gasteiger partial charge >= 0.3 is 0 Å². The molecule has 0 saturated carbocycles. The molecule has 1 amide bonds. The van der Waals surface area contributed by atoms with Crippen molar-refractivity contribution in [2.75, 3.05) is 18.4 Å². The van der Waals surface area contributed by atoms with Crippen molar-refractivity contribution in [2.24, 2.45) is 0 Å². The molecule has 22 heavy (non-hydrogen) atoms. The fraction of sp³-hybridized carbons (Fsp3) is 0.353. The van der Waals surface area contributed by atoms with E-state index >= 15 is 0 Å². The van der Waals surface area contributed by atoms with Gasteiger partial charge in [-0.15, -0.1) is 0 Å². The Bertz CT molecular complexity index is 648. The molecule has 1 aliphatic heterocycles. The lowest BCUT2D eigenvalue weighted by Crippen LogP contribution is -2.29. The first-order valence-corrected chi connectivity index (χ1v) is 8.38. The Balaban J connectivity index is 1.64. The maximum Gasteiger partial charge on any atom is 0.291 e. The number of benzene rings is 1. The minimum Gasteiger partial charge on any atom is -0.444 e. The van der Waals surface area contributed by atoms with Crippen LogP contribution in [-0.4, -0.2) is 23.9 Å². The van der Waals surface area contributed by atoms with Crippen LogP contribution in [0.5, 0.6) is 0 Å². The number of furan rings is 1. The molecular weight excluding hydrogens is 344 g/mol. The lowest BCUT2D eigenvalue weighted by Gasteiger charge is -2.26. The van der Waals surface area contributed by atoms with Gasteiger partial charge in [-0.1, -0.05) is 18.6 Å². The maximum absolute atomic E-state index is 12.1. The van der Waals surface area contributed by atoms with Gasteiger partial charge in [-0.3, -0.25) is 9.69 Å². The molecule has 0 aliphatic carbocycles. The molecule has 0 radical (unpaired) electrons. The van der Waals surface area contributed by atoms with Crippen LogP contribution in [0.4, 0.5) is 5.69 Å². The zero-order valence-corrected chi connectivity index (χ0v) is 13.9. The molecule has 0 bridgehead atoms. The number of carbonyl (C=O) groups excluding carboxylic acids is 1. The molecule has 1 saturated heterocycles. The molecule has 116 valence electrons. The zero-order chi connectivity index (χ0) is 15.4. The quantitative estimate of drug-likeness (QED) is 0.882. The second-order valence-corrected chi connectivity index (χ2v) is 6.38. The largest absolute Gasteiger partial charge is 0.444 e. The number of anilines is 1. The first-order chi connectivity index (χ1) is 10.7. The van der Waals surface area contributed by atoms with E-state index in [9.17, 15) is 4.79 Å². The highest BCUT2D eigenvalue weighted by molar-refractivity contribution is 9.10. The molecular formula is C17H19BrN2O2.